The van der Waals surface area contributed by atoms with E-state index < -0.39 is 0 Å². The Kier molecular flexibility index (Phi) is 6.75. The number of hydrogen-bond donors (Lipinski definition) is 1. The van der Waals surface area contributed by atoms with E-state index in [1.807, 2.05) is 6.07 Å². The number of piperidine rings is 1. The van der Waals surface area contributed by atoms with Gasteiger partial charge in [-0.05, 0) is 74.8 Å². The molecule has 0 amide bonds. The van der Waals surface area contributed by atoms with E-state index in [-0.39, 0.29) is 23.3 Å². The van der Waals surface area contributed by atoms with Gasteiger partial charge in [-0.2, -0.15) is 0 Å². The zero-order valence-electron chi connectivity index (χ0n) is 17.2. The second-order valence-corrected chi connectivity index (χ2v) is 8.31. The predicted molar refractivity (Wildman–Crippen MR) is 115 cm³/mol. The fourth-order valence-electron chi connectivity index (χ4n) is 4.61. The number of rotatable bonds is 6. The summed E-state index contributed by atoms with van der Waals surface area (Å²) in [5.41, 5.74) is 1.55. The maximum absolute atomic E-state index is 13.7. The quantitative estimate of drug-likeness (QED) is 0.732. The van der Waals surface area contributed by atoms with E-state index in [4.69, 9.17) is 0 Å². The summed E-state index contributed by atoms with van der Waals surface area (Å²) in [6, 6.07) is 13.1. The molecule has 0 aromatic heterocycles. The van der Waals surface area contributed by atoms with Gasteiger partial charge in [-0.15, -0.1) is 0 Å². The molecule has 30 heavy (non-hydrogen) atoms. The van der Waals surface area contributed by atoms with Gasteiger partial charge in [0.2, 0.25) is 0 Å². The highest BCUT2D eigenvalue weighted by Gasteiger charge is 2.28. The molecule has 0 radical (unpaired) electrons. The maximum atomic E-state index is 13.7. The third kappa shape index (κ3) is 5.05. The Bertz CT molecular complexity index is 850. The normalized spacial score (nSPS) is 21.0. The summed E-state index contributed by atoms with van der Waals surface area (Å²) in [5.74, 6) is -0.362. The van der Waals surface area contributed by atoms with Gasteiger partial charge in [0.25, 0.3) is 0 Å². The summed E-state index contributed by atoms with van der Waals surface area (Å²) in [7, 11) is 0. The van der Waals surface area contributed by atoms with Crippen molar-refractivity contribution in [2.75, 3.05) is 44.2 Å². The average molecular weight is 414 g/mol. The van der Waals surface area contributed by atoms with Crippen LogP contribution in [-0.4, -0.2) is 56.0 Å². The smallest absolute Gasteiger partial charge is 0.166 e. The lowest BCUT2D eigenvalue weighted by Gasteiger charge is -2.40. The van der Waals surface area contributed by atoms with Gasteiger partial charge in [-0.25, -0.2) is 8.78 Å². The van der Waals surface area contributed by atoms with Crippen molar-refractivity contribution in [2.24, 2.45) is 5.92 Å². The molecule has 2 aliphatic heterocycles. The average Bonchev–Trinajstić information content (AvgIpc) is 2.78. The van der Waals surface area contributed by atoms with Crippen LogP contribution in [0.1, 0.15) is 29.6 Å². The first-order valence-corrected chi connectivity index (χ1v) is 10.9. The summed E-state index contributed by atoms with van der Waals surface area (Å²) in [6.45, 7) is 5.45. The number of carbonyl (C=O) groups is 1. The van der Waals surface area contributed by atoms with Crippen molar-refractivity contribution >= 4 is 11.5 Å². The highest BCUT2D eigenvalue weighted by molar-refractivity contribution is 5.97. The van der Waals surface area contributed by atoms with Crippen molar-refractivity contribution in [3.63, 3.8) is 0 Å². The van der Waals surface area contributed by atoms with Crippen LogP contribution in [0.15, 0.2) is 48.5 Å². The summed E-state index contributed by atoms with van der Waals surface area (Å²) >= 11 is 0. The molecule has 1 N–H and O–H groups in total. The molecule has 1 unspecified atom stereocenters. The van der Waals surface area contributed by atoms with Crippen LogP contribution in [0.2, 0.25) is 0 Å². The van der Waals surface area contributed by atoms with E-state index in [2.05, 4.69) is 15.1 Å². The molecule has 0 aliphatic carbocycles. The summed E-state index contributed by atoms with van der Waals surface area (Å²) < 4.78 is 26.8. The number of carbonyl (C=O) groups excluding carboxylic acids is 1. The first-order valence-electron chi connectivity index (χ1n) is 10.9. The van der Waals surface area contributed by atoms with E-state index in [0.717, 1.165) is 64.2 Å². The van der Waals surface area contributed by atoms with Crippen LogP contribution in [0, 0.1) is 17.6 Å². The van der Waals surface area contributed by atoms with Gasteiger partial charge in [0.15, 0.2) is 5.78 Å². The Morgan fingerprint density at radius 1 is 1.00 bits per heavy atom. The van der Waals surface area contributed by atoms with Crippen LogP contribution in [0.25, 0.3) is 0 Å². The molecule has 2 fully saturated rings. The SMILES string of the molecule is O=C(c1ccc(F)cc1)C1CCN(CCC2CNCCN2c2cccc(F)c2)CC1. The van der Waals surface area contributed by atoms with E-state index in [1.54, 1.807) is 24.3 Å². The zero-order chi connectivity index (χ0) is 20.9. The van der Waals surface area contributed by atoms with Crippen LogP contribution in [-0.2, 0) is 0 Å². The highest BCUT2D eigenvalue weighted by Crippen LogP contribution is 2.24. The number of nitrogens with one attached hydrogen (secondary N) is 1. The molecule has 2 aromatic rings. The van der Waals surface area contributed by atoms with E-state index in [1.165, 1.54) is 18.2 Å². The summed E-state index contributed by atoms with van der Waals surface area (Å²) in [5, 5.41) is 3.46. The fourth-order valence-corrected chi connectivity index (χ4v) is 4.61. The lowest BCUT2D eigenvalue weighted by molar-refractivity contribution is 0.0837. The molecular formula is C24H29F2N3O. The van der Waals surface area contributed by atoms with Crippen LogP contribution in [0.3, 0.4) is 0 Å². The van der Waals surface area contributed by atoms with Gasteiger partial charge in [0.1, 0.15) is 11.6 Å². The number of Topliss-reactive ketones (excluding diaryl/α,β-unsaturated/α-hetero) is 1. The minimum Gasteiger partial charge on any atom is -0.366 e. The first kappa shape index (κ1) is 20.9. The van der Waals surface area contributed by atoms with Crippen molar-refractivity contribution in [3.05, 3.63) is 65.7 Å². The highest BCUT2D eigenvalue weighted by atomic mass is 19.1. The number of anilines is 1. The molecule has 4 rings (SSSR count). The Labute approximate surface area is 176 Å². The molecule has 2 aliphatic rings. The minimum atomic E-state index is -0.314. The molecule has 4 nitrogen and oxygen atoms in total. The lowest BCUT2D eigenvalue weighted by Crippen LogP contribution is -2.52. The Balaban J connectivity index is 1.28. The maximum Gasteiger partial charge on any atom is 0.166 e. The zero-order valence-corrected chi connectivity index (χ0v) is 17.2. The number of likely N-dealkylation sites (tertiary alicyclic amines) is 1. The van der Waals surface area contributed by atoms with Gasteiger partial charge in [0.05, 0.1) is 0 Å². The molecule has 1 atom stereocenters. The third-order valence-electron chi connectivity index (χ3n) is 6.36. The van der Waals surface area contributed by atoms with Crippen molar-refractivity contribution in [2.45, 2.75) is 25.3 Å². The van der Waals surface area contributed by atoms with Crippen molar-refractivity contribution in [1.29, 1.82) is 0 Å². The van der Waals surface area contributed by atoms with Crippen molar-refractivity contribution in [1.82, 2.24) is 10.2 Å². The van der Waals surface area contributed by atoms with Gasteiger partial charge >= 0.3 is 0 Å². The number of ketones is 1. The lowest BCUT2D eigenvalue weighted by atomic mass is 9.88. The Morgan fingerprint density at radius 3 is 2.50 bits per heavy atom. The molecule has 6 heteroatoms. The van der Waals surface area contributed by atoms with Gasteiger partial charge in [-0.3, -0.25) is 4.79 Å². The summed E-state index contributed by atoms with van der Waals surface area (Å²) in [6.07, 6.45) is 2.68. The second kappa shape index (κ2) is 9.67. The van der Waals surface area contributed by atoms with Crippen LogP contribution in [0.4, 0.5) is 14.5 Å². The van der Waals surface area contributed by atoms with E-state index in [0.29, 0.717) is 11.6 Å². The van der Waals surface area contributed by atoms with Gasteiger partial charge in [0, 0.05) is 49.4 Å². The van der Waals surface area contributed by atoms with Gasteiger partial charge < -0.3 is 15.1 Å². The van der Waals surface area contributed by atoms with E-state index in [9.17, 15) is 13.6 Å². The van der Waals surface area contributed by atoms with Crippen LogP contribution in [0.5, 0.6) is 0 Å². The molecule has 0 saturated carbocycles. The number of piperazine rings is 1. The van der Waals surface area contributed by atoms with Gasteiger partial charge in [-0.1, -0.05) is 6.07 Å². The van der Waals surface area contributed by atoms with Crippen LogP contribution < -0.4 is 10.2 Å². The van der Waals surface area contributed by atoms with Crippen LogP contribution >= 0.6 is 0 Å². The number of halogens is 2. The molecule has 0 spiro atoms. The number of hydrogen-bond acceptors (Lipinski definition) is 4. The first-order chi connectivity index (χ1) is 14.6. The number of nitrogens with zero attached hydrogens (tertiary/aromatic N) is 2. The Hall–Kier alpha value is -2.31. The predicted octanol–water partition coefficient (Wildman–Crippen LogP) is 3.73. The standard InChI is InChI=1S/C24H29F2N3O/c25-20-6-4-18(5-7-20)24(30)19-8-12-28(13-9-19)14-10-23-17-27-11-15-29(23)22-3-1-2-21(26)16-22/h1-7,16,19,23,27H,8-15,17H2. The monoisotopic (exact) mass is 413 g/mol. The third-order valence-corrected chi connectivity index (χ3v) is 6.36. The molecular weight excluding hydrogens is 384 g/mol. The number of benzene rings is 2. The Morgan fingerprint density at radius 2 is 1.77 bits per heavy atom. The summed E-state index contributed by atoms with van der Waals surface area (Å²) in [4.78, 5) is 17.4. The topological polar surface area (TPSA) is 35.6 Å². The molecule has 2 aromatic carbocycles. The van der Waals surface area contributed by atoms with Crippen molar-refractivity contribution < 1.29 is 13.6 Å². The molecule has 0 bridgehead atoms. The van der Waals surface area contributed by atoms with Crippen molar-refractivity contribution in [3.8, 4) is 0 Å². The largest absolute Gasteiger partial charge is 0.366 e. The second-order valence-electron chi connectivity index (χ2n) is 8.31. The molecule has 160 valence electrons. The fraction of sp³-hybridized carbons (Fsp3) is 0.458. The molecule has 2 heterocycles. The van der Waals surface area contributed by atoms with E-state index >= 15 is 0 Å². The molecule has 2 saturated heterocycles. The minimum absolute atomic E-state index is 0.0202.